The number of aromatic amines is 1. The molecule has 0 aliphatic rings. The molecule has 0 aliphatic carbocycles. The van der Waals surface area contributed by atoms with Crippen LogP contribution >= 0.6 is 11.8 Å². The highest BCUT2D eigenvalue weighted by molar-refractivity contribution is 8.13. The fraction of sp³-hybridized carbons (Fsp3) is 0.333. The minimum absolute atomic E-state index is 0.178. The summed E-state index contributed by atoms with van der Waals surface area (Å²) in [5.41, 5.74) is 1.06. The van der Waals surface area contributed by atoms with Crippen molar-refractivity contribution in [1.82, 2.24) is 10.2 Å². The molecule has 1 aromatic heterocycles. The van der Waals surface area contributed by atoms with Crippen molar-refractivity contribution in [3.8, 4) is 0 Å². The Morgan fingerprint density at radius 3 is 3.23 bits per heavy atom. The van der Waals surface area contributed by atoms with Crippen molar-refractivity contribution in [2.24, 2.45) is 0 Å². The smallest absolute Gasteiger partial charge is 0.185 e. The predicted octanol–water partition coefficient (Wildman–Crippen LogP) is 2.09. The maximum Gasteiger partial charge on any atom is 0.185 e. The Balaban J connectivity index is 2.16. The molecular formula is C9H12N2OS. The van der Waals surface area contributed by atoms with Gasteiger partial charge in [-0.3, -0.25) is 9.89 Å². The molecule has 1 aromatic rings. The monoisotopic (exact) mass is 196 g/mol. The highest BCUT2D eigenvalue weighted by atomic mass is 32.2. The Hall–Kier alpha value is -1.03. The molecule has 0 radical (unpaired) electrons. The van der Waals surface area contributed by atoms with Gasteiger partial charge in [-0.25, -0.2) is 0 Å². The van der Waals surface area contributed by atoms with Gasteiger partial charge in [0.05, 0.1) is 6.20 Å². The van der Waals surface area contributed by atoms with Crippen LogP contribution in [0.5, 0.6) is 0 Å². The molecule has 0 aliphatic heterocycles. The first-order chi connectivity index (χ1) is 6.29. The molecule has 0 amide bonds. The summed E-state index contributed by atoms with van der Waals surface area (Å²) in [7, 11) is 0. The number of hydrogen-bond acceptors (Lipinski definition) is 3. The minimum atomic E-state index is 0.178. The second-order valence-corrected chi connectivity index (χ2v) is 3.83. The van der Waals surface area contributed by atoms with Crippen LogP contribution in [0.1, 0.15) is 18.9 Å². The Bertz CT molecular complexity index is 280. The van der Waals surface area contributed by atoms with Crippen molar-refractivity contribution in [2.45, 2.75) is 13.3 Å². The molecule has 0 saturated heterocycles. The van der Waals surface area contributed by atoms with E-state index in [4.69, 9.17) is 0 Å². The molecule has 70 valence electrons. The average Bonchev–Trinajstić information content (AvgIpc) is 2.55. The Kier molecular flexibility index (Phi) is 4.32. The summed E-state index contributed by atoms with van der Waals surface area (Å²) in [6, 6.07) is 0. The van der Waals surface area contributed by atoms with Crippen LogP contribution in [0.25, 0.3) is 6.08 Å². The molecule has 0 atom stereocenters. The zero-order valence-corrected chi connectivity index (χ0v) is 8.30. The van der Waals surface area contributed by atoms with Crippen molar-refractivity contribution in [1.29, 1.82) is 0 Å². The van der Waals surface area contributed by atoms with Crippen LogP contribution < -0.4 is 0 Å². The Labute approximate surface area is 81.6 Å². The van der Waals surface area contributed by atoms with Crippen molar-refractivity contribution in [2.75, 3.05) is 5.75 Å². The summed E-state index contributed by atoms with van der Waals surface area (Å²) in [5, 5.41) is 6.72. The van der Waals surface area contributed by atoms with Gasteiger partial charge in [-0.05, 0) is 6.42 Å². The van der Waals surface area contributed by atoms with E-state index in [0.717, 1.165) is 17.7 Å². The van der Waals surface area contributed by atoms with Crippen LogP contribution in [-0.4, -0.2) is 21.1 Å². The lowest BCUT2D eigenvalue weighted by Crippen LogP contribution is -1.83. The van der Waals surface area contributed by atoms with E-state index in [1.54, 1.807) is 13.1 Å². The molecule has 1 heterocycles. The summed E-state index contributed by atoms with van der Waals surface area (Å²) in [6.45, 7) is 1.59. The van der Waals surface area contributed by atoms with Gasteiger partial charge < -0.3 is 0 Å². The van der Waals surface area contributed by atoms with E-state index in [9.17, 15) is 4.79 Å². The number of nitrogens with one attached hydrogen (secondary N) is 1. The third-order valence-electron chi connectivity index (χ3n) is 1.42. The summed E-state index contributed by atoms with van der Waals surface area (Å²) < 4.78 is 0. The minimum Gasteiger partial charge on any atom is -0.288 e. The molecule has 0 spiro atoms. The maximum absolute atomic E-state index is 10.6. The second-order valence-electron chi connectivity index (χ2n) is 2.56. The number of hydrogen-bond donors (Lipinski definition) is 1. The number of carbonyl (C=O) groups excluding carboxylic acids is 1. The van der Waals surface area contributed by atoms with Crippen LogP contribution in [0, 0.1) is 0 Å². The van der Waals surface area contributed by atoms with E-state index in [1.165, 1.54) is 11.8 Å². The van der Waals surface area contributed by atoms with Gasteiger partial charge in [-0.1, -0.05) is 23.9 Å². The standard InChI is InChI=1S/C9H12N2OS/c1-8(12)13-5-3-2-4-9-6-10-11-7-9/h2,4,6-7H,3,5H2,1H3,(H,10,11). The van der Waals surface area contributed by atoms with E-state index >= 15 is 0 Å². The first-order valence-corrected chi connectivity index (χ1v) is 5.06. The summed E-state index contributed by atoms with van der Waals surface area (Å²) in [5.74, 6) is 0.851. The van der Waals surface area contributed by atoms with Gasteiger partial charge in [-0.2, -0.15) is 5.10 Å². The molecule has 13 heavy (non-hydrogen) atoms. The Morgan fingerprint density at radius 2 is 2.62 bits per heavy atom. The van der Waals surface area contributed by atoms with E-state index < -0.39 is 0 Å². The Morgan fingerprint density at radius 1 is 1.77 bits per heavy atom. The summed E-state index contributed by atoms with van der Waals surface area (Å²) in [4.78, 5) is 10.6. The van der Waals surface area contributed by atoms with Crippen LogP contribution in [0.15, 0.2) is 18.5 Å². The van der Waals surface area contributed by atoms with E-state index in [-0.39, 0.29) is 5.12 Å². The highest BCUT2D eigenvalue weighted by Crippen LogP contribution is 2.05. The zero-order chi connectivity index (χ0) is 9.52. The number of rotatable bonds is 4. The summed E-state index contributed by atoms with van der Waals surface area (Å²) in [6.07, 6.45) is 8.53. The summed E-state index contributed by atoms with van der Waals surface area (Å²) >= 11 is 1.35. The number of aromatic nitrogens is 2. The molecular weight excluding hydrogens is 184 g/mol. The zero-order valence-electron chi connectivity index (χ0n) is 7.49. The molecule has 1 N–H and O–H groups in total. The molecule has 1 rings (SSSR count). The van der Waals surface area contributed by atoms with Crippen LogP contribution in [-0.2, 0) is 4.79 Å². The van der Waals surface area contributed by atoms with E-state index in [1.807, 2.05) is 18.3 Å². The third-order valence-corrected chi connectivity index (χ3v) is 2.27. The van der Waals surface area contributed by atoms with Gasteiger partial charge in [-0.15, -0.1) is 0 Å². The molecule has 4 heteroatoms. The number of carbonyl (C=O) groups is 1. The number of H-pyrrole nitrogens is 1. The SMILES string of the molecule is CC(=O)SCCC=Cc1cn[nH]c1. The fourth-order valence-electron chi connectivity index (χ4n) is 0.842. The van der Waals surface area contributed by atoms with Gasteiger partial charge in [0.15, 0.2) is 5.12 Å². The normalized spacial score (nSPS) is 10.8. The fourth-order valence-corrected chi connectivity index (χ4v) is 1.38. The highest BCUT2D eigenvalue weighted by Gasteiger charge is 1.91. The molecule has 3 nitrogen and oxygen atoms in total. The molecule has 0 unspecified atom stereocenters. The van der Waals surface area contributed by atoms with Crippen molar-refractivity contribution in [3.63, 3.8) is 0 Å². The van der Waals surface area contributed by atoms with Crippen LogP contribution in [0.2, 0.25) is 0 Å². The van der Waals surface area contributed by atoms with Crippen molar-refractivity contribution < 1.29 is 4.79 Å². The largest absolute Gasteiger partial charge is 0.288 e. The maximum atomic E-state index is 10.6. The van der Waals surface area contributed by atoms with E-state index in [2.05, 4.69) is 10.2 Å². The lowest BCUT2D eigenvalue weighted by molar-refractivity contribution is -0.109. The van der Waals surface area contributed by atoms with Gasteiger partial charge in [0.25, 0.3) is 0 Å². The second kappa shape index (κ2) is 5.59. The number of allylic oxidation sites excluding steroid dienone is 1. The predicted molar refractivity (Wildman–Crippen MR) is 55.4 cm³/mol. The van der Waals surface area contributed by atoms with Crippen LogP contribution in [0.3, 0.4) is 0 Å². The van der Waals surface area contributed by atoms with Gasteiger partial charge in [0.2, 0.25) is 0 Å². The van der Waals surface area contributed by atoms with Gasteiger partial charge in [0, 0.05) is 24.4 Å². The molecule has 0 saturated carbocycles. The topological polar surface area (TPSA) is 45.8 Å². The molecule has 0 bridgehead atoms. The first-order valence-electron chi connectivity index (χ1n) is 4.08. The van der Waals surface area contributed by atoms with Crippen molar-refractivity contribution in [3.05, 3.63) is 24.0 Å². The third kappa shape index (κ3) is 4.52. The average molecular weight is 196 g/mol. The quantitative estimate of drug-likeness (QED) is 0.750. The molecule has 0 fully saturated rings. The number of nitrogens with zero attached hydrogens (tertiary/aromatic N) is 1. The number of thioether (sulfide) groups is 1. The van der Waals surface area contributed by atoms with Crippen LogP contribution in [0.4, 0.5) is 0 Å². The molecule has 0 aromatic carbocycles. The van der Waals surface area contributed by atoms with Gasteiger partial charge >= 0.3 is 0 Å². The van der Waals surface area contributed by atoms with Gasteiger partial charge in [0.1, 0.15) is 0 Å². The lowest BCUT2D eigenvalue weighted by Gasteiger charge is -1.90. The van der Waals surface area contributed by atoms with Crippen molar-refractivity contribution >= 4 is 23.0 Å². The first kappa shape index (κ1) is 10.1. The van der Waals surface area contributed by atoms with E-state index in [0.29, 0.717) is 0 Å². The lowest BCUT2D eigenvalue weighted by atomic mass is 10.3.